The van der Waals surface area contributed by atoms with Gasteiger partial charge in [-0.25, -0.2) is 24.3 Å². The van der Waals surface area contributed by atoms with Crippen molar-refractivity contribution in [2.45, 2.75) is 43.0 Å². The Morgan fingerprint density at radius 1 is 1.00 bits per heavy atom. The minimum atomic E-state index is -5.36. The molecule has 0 saturated carbocycles. The summed E-state index contributed by atoms with van der Waals surface area (Å²) in [6, 6.07) is 0. The molecule has 7 heterocycles. The molecule has 4 aromatic heterocycles. The van der Waals surface area contributed by atoms with E-state index in [1.165, 1.54) is 0 Å². The fourth-order valence-electron chi connectivity index (χ4n) is 5.66. The van der Waals surface area contributed by atoms with Gasteiger partial charge < -0.3 is 49.4 Å². The van der Waals surface area contributed by atoms with E-state index in [4.69, 9.17) is 34.5 Å². The molecule has 0 amide bonds. The molecule has 3 fully saturated rings. The SMILES string of the molecule is Nc1nc2c(ncn2C2OC3COP(=O)([O-])OC4C(CNP(=O)([O-])OC2C3CO)OC(n2cnc3c(N)ncnc32)C4F)c(=O)[nH]1. The third kappa shape index (κ3) is 5.38. The molecule has 46 heavy (non-hydrogen) atoms. The van der Waals surface area contributed by atoms with Crippen molar-refractivity contribution in [2.24, 2.45) is 5.92 Å². The third-order valence-corrected chi connectivity index (χ3v) is 9.81. The van der Waals surface area contributed by atoms with Gasteiger partial charge in [0.2, 0.25) is 13.7 Å². The van der Waals surface area contributed by atoms with Gasteiger partial charge in [-0.2, -0.15) is 4.98 Å². The third-order valence-electron chi connectivity index (χ3n) is 7.75. The van der Waals surface area contributed by atoms with Gasteiger partial charge in [0.1, 0.15) is 30.2 Å². The molecular formula is C21H24FN11O11P2-2. The standard InChI is InChI=1S/C21H26FN11O11P2/c22-10-14-8(41-19(10)32-5-27-11-15(23)25-4-26-16(11)32)1-29-45(36,37)43-13-7(2-34)9(3-40-46(38,39)44-14)42-20(13)33-6-28-12-17(33)30-21(24)31-18(12)35/h4-10,13-14,19-20,34H,1-3H2,(H,38,39)(H2,23,25,26)(H2,29,36,37)(H3,24,30,31,35)/p-2. The number of H-pyrrole nitrogens is 1. The molecule has 7 N–H and O–H groups in total. The van der Waals surface area contributed by atoms with Crippen molar-refractivity contribution in [2.75, 3.05) is 31.2 Å². The highest BCUT2D eigenvalue weighted by Gasteiger charge is 2.52. The number of aromatic nitrogens is 8. The van der Waals surface area contributed by atoms with Crippen molar-refractivity contribution in [3.63, 3.8) is 0 Å². The number of fused-ring (bicyclic) bond motifs is 5. The van der Waals surface area contributed by atoms with Crippen LogP contribution < -0.4 is 31.9 Å². The van der Waals surface area contributed by atoms with Crippen molar-refractivity contribution in [3.8, 4) is 0 Å². The van der Waals surface area contributed by atoms with Crippen LogP contribution in [0.15, 0.2) is 23.8 Å². The number of aliphatic hydroxyl groups is 1. The van der Waals surface area contributed by atoms with Crippen LogP contribution in [0.2, 0.25) is 0 Å². The van der Waals surface area contributed by atoms with Crippen LogP contribution in [0.1, 0.15) is 12.5 Å². The molecule has 2 bridgehead atoms. The number of nitrogens with zero attached hydrogens (tertiary/aromatic N) is 7. The molecule has 25 heteroatoms. The van der Waals surface area contributed by atoms with Crippen molar-refractivity contribution in [1.82, 2.24) is 44.1 Å². The Kier molecular flexibility index (Phi) is 7.68. The quantitative estimate of drug-likeness (QED) is 0.136. The van der Waals surface area contributed by atoms with Crippen LogP contribution in [-0.4, -0.2) is 94.5 Å². The van der Waals surface area contributed by atoms with Crippen LogP contribution in [0.4, 0.5) is 16.2 Å². The minimum absolute atomic E-state index is 0.00870. The number of nitrogens with two attached hydrogens (primary N) is 2. The molecule has 0 radical (unpaired) electrons. The zero-order chi connectivity index (χ0) is 32.5. The van der Waals surface area contributed by atoms with Crippen molar-refractivity contribution in [3.05, 3.63) is 29.3 Å². The summed E-state index contributed by atoms with van der Waals surface area (Å²) < 4.78 is 71.7. The van der Waals surface area contributed by atoms with Crippen LogP contribution >= 0.6 is 15.6 Å². The van der Waals surface area contributed by atoms with E-state index in [9.17, 15) is 28.8 Å². The Balaban J connectivity index is 1.22. The number of nitrogen functional groups attached to an aromatic ring is 2. The predicted octanol–water partition coefficient (Wildman–Crippen LogP) is -2.81. The van der Waals surface area contributed by atoms with Gasteiger partial charge in [-0.3, -0.25) is 33.1 Å². The van der Waals surface area contributed by atoms with Gasteiger partial charge in [0.15, 0.2) is 41.3 Å². The molecule has 22 nitrogen and oxygen atoms in total. The molecule has 3 saturated heterocycles. The van der Waals surface area contributed by atoms with Gasteiger partial charge in [0.05, 0.1) is 32.0 Å². The largest absolute Gasteiger partial charge is 0.766 e. The van der Waals surface area contributed by atoms with E-state index in [-0.39, 0.29) is 34.1 Å². The number of halogens is 1. The molecule has 10 unspecified atom stereocenters. The molecule has 3 aliphatic heterocycles. The first kappa shape index (κ1) is 31.1. The van der Waals surface area contributed by atoms with Crippen LogP contribution in [0.5, 0.6) is 0 Å². The van der Waals surface area contributed by atoms with Crippen molar-refractivity contribution < 1.29 is 51.5 Å². The fraction of sp³-hybridized carbons (Fsp3) is 0.524. The van der Waals surface area contributed by atoms with Crippen LogP contribution in [0.3, 0.4) is 0 Å². The minimum Gasteiger partial charge on any atom is -0.766 e. The highest BCUT2D eigenvalue weighted by Crippen LogP contribution is 2.50. The number of phosphoric ester groups is 1. The summed E-state index contributed by atoms with van der Waals surface area (Å²) in [7, 11) is -10.5. The number of nitrogens with one attached hydrogen (secondary N) is 2. The maximum Gasteiger partial charge on any atom is 0.280 e. The number of alkyl halides is 1. The smallest absolute Gasteiger partial charge is 0.280 e. The summed E-state index contributed by atoms with van der Waals surface area (Å²) in [5.41, 5.74) is 10.7. The number of aliphatic hydroxyl groups excluding tert-OH is 1. The Hall–Kier alpha value is -3.47. The molecule has 3 aliphatic rings. The summed E-state index contributed by atoms with van der Waals surface area (Å²) in [6.07, 6.45) is -8.24. The normalized spacial score (nSPS) is 37.1. The van der Waals surface area contributed by atoms with Crippen molar-refractivity contribution in [1.29, 1.82) is 0 Å². The molecule has 0 aliphatic carbocycles. The first-order valence-electron chi connectivity index (χ1n) is 13.5. The second-order valence-corrected chi connectivity index (χ2v) is 13.4. The Bertz CT molecular complexity index is 1960. The highest BCUT2D eigenvalue weighted by molar-refractivity contribution is 7.49. The molecule has 10 atom stereocenters. The van der Waals surface area contributed by atoms with E-state index < -0.39 is 89.8 Å². The van der Waals surface area contributed by atoms with E-state index in [1.54, 1.807) is 0 Å². The number of phosphoric acid groups is 1. The van der Waals surface area contributed by atoms with E-state index in [1.807, 2.05) is 0 Å². The lowest BCUT2D eigenvalue weighted by atomic mass is 9.99. The maximum atomic E-state index is 15.9. The predicted molar refractivity (Wildman–Crippen MR) is 145 cm³/mol. The lowest BCUT2D eigenvalue weighted by Gasteiger charge is -2.33. The van der Waals surface area contributed by atoms with E-state index in [0.29, 0.717) is 0 Å². The van der Waals surface area contributed by atoms with Gasteiger partial charge in [0, 0.05) is 12.5 Å². The van der Waals surface area contributed by atoms with Gasteiger partial charge in [-0.1, -0.05) is 0 Å². The molecular weight excluding hydrogens is 663 g/mol. The molecule has 0 spiro atoms. The summed E-state index contributed by atoms with van der Waals surface area (Å²) in [5.74, 6) is -1.51. The van der Waals surface area contributed by atoms with Gasteiger partial charge >= 0.3 is 0 Å². The first-order chi connectivity index (χ1) is 21.9. The number of ether oxygens (including phenoxy) is 2. The summed E-state index contributed by atoms with van der Waals surface area (Å²) >= 11 is 0. The zero-order valence-electron chi connectivity index (χ0n) is 23.1. The first-order valence-corrected chi connectivity index (χ1v) is 16.5. The Labute approximate surface area is 255 Å². The summed E-state index contributed by atoms with van der Waals surface area (Å²) in [6.45, 7) is -2.32. The number of imidazole rings is 2. The summed E-state index contributed by atoms with van der Waals surface area (Å²) in [5, 5.41) is 12.3. The average Bonchev–Trinajstić information content (AvgIpc) is 3.75. The lowest BCUT2D eigenvalue weighted by molar-refractivity contribution is -0.235. The van der Waals surface area contributed by atoms with Gasteiger partial charge in [-0.05, 0) is 0 Å². The Morgan fingerprint density at radius 2 is 1.72 bits per heavy atom. The van der Waals surface area contributed by atoms with Crippen molar-refractivity contribution >= 4 is 49.7 Å². The molecule has 4 aromatic rings. The molecule has 7 rings (SSSR count). The number of hydrogen-bond donors (Lipinski definition) is 5. The van der Waals surface area contributed by atoms with Gasteiger partial charge in [-0.15, -0.1) is 0 Å². The zero-order valence-corrected chi connectivity index (χ0v) is 24.8. The second kappa shape index (κ2) is 11.3. The monoisotopic (exact) mass is 687 g/mol. The topological polar surface area (TPSA) is 318 Å². The van der Waals surface area contributed by atoms with E-state index in [2.05, 4.69) is 35.0 Å². The number of anilines is 2. The molecule has 248 valence electrons. The maximum absolute atomic E-state index is 15.9. The number of rotatable bonds is 3. The lowest BCUT2D eigenvalue weighted by Crippen LogP contribution is -2.40. The summed E-state index contributed by atoms with van der Waals surface area (Å²) in [4.78, 5) is 60.8. The number of hydrogen-bond acceptors (Lipinski definition) is 18. The van der Waals surface area contributed by atoms with E-state index >= 15 is 4.39 Å². The van der Waals surface area contributed by atoms with Crippen LogP contribution in [0, 0.1) is 5.92 Å². The number of aromatic amines is 1. The van der Waals surface area contributed by atoms with Crippen LogP contribution in [-0.2, 0) is 32.2 Å². The molecule has 0 aromatic carbocycles. The van der Waals surface area contributed by atoms with E-state index in [0.717, 1.165) is 28.1 Å². The van der Waals surface area contributed by atoms with Crippen LogP contribution in [0.25, 0.3) is 22.3 Å². The van der Waals surface area contributed by atoms with Gasteiger partial charge in [0.25, 0.3) is 13.4 Å². The Morgan fingerprint density at radius 3 is 2.48 bits per heavy atom. The average molecular weight is 687 g/mol. The highest BCUT2D eigenvalue weighted by atomic mass is 31.2. The second-order valence-electron chi connectivity index (χ2n) is 10.5. The fourth-order valence-corrected chi connectivity index (χ4v) is 7.66.